The van der Waals surface area contributed by atoms with Crippen molar-refractivity contribution in [1.29, 1.82) is 5.26 Å². The van der Waals surface area contributed by atoms with Gasteiger partial charge < -0.3 is 5.32 Å². The number of rotatable bonds is 3. The van der Waals surface area contributed by atoms with Gasteiger partial charge in [-0.05, 0) is 43.5 Å². The lowest BCUT2D eigenvalue weighted by Gasteiger charge is -2.30. The van der Waals surface area contributed by atoms with Gasteiger partial charge in [-0.3, -0.25) is 9.69 Å². The third-order valence-electron chi connectivity index (χ3n) is 3.48. The molecule has 1 aliphatic heterocycles. The zero-order chi connectivity index (χ0) is 14.5. The normalized spacial score (nSPS) is 19.4. The highest BCUT2D eigenvalue weighted by Gasteiger charge is 2.19. The van der Waals surface area contributed by atoms with Gasteiger partial charge in [0, 0.05) is 11.6 Å². The minimum Gasteiger partial charge on any atom is -0.324 e. The van der Waals surface area contributed by atoms with Crippen LogP contribution in [0.25, 0.3) is 0 Å². The van der Waals surface area contributed by atoms with Crippen molar-refractivity contribution in [3.8, 4) is 6.07 Å². The van der Waals surface area contributed by atoms with Crippen LogP contribution in [-0.4, -0.2) is 30.4 Å². The Morgan fingerprint density at radius 2 is 2.40 bits per heavy atom. The van der Waals surface area contributed by atoms with E-state index in [1.807, 2.05) is 0 Å². The summed E-state index contributed by atoms with van der Waals surface area (Å²) in [5.74, 6) is 0.537. The SMILES string of the molecule is C[C@H]1CCCN(CC(=O)Nc2cc(Cl)ccc2C#N)C1. The number of benzene rings is 1. The maximum atomic E-state index is 12.1. The van der Waals surface area contributed by atoms with Crippen LogP contribution in [0.4, 0.5) is 5.69 Å². The van der Waals surface area contributed by atoms with E-state index in [0.29, 0.717) is 28.7 Å². The topological polar surface area (TPSA) is 56.1 Å². The summed E-state index contributed by atoms with van der Waals surface area (Å²) in [4.78, 5) is 14.2. The first-order chi connectivity index (χ1) is 9.58. The summed E-state index contributed by atoms with van der Waals surface area (Å²) in [6.07, 6.45) is 2.36. The predicted molar refractivity (Wildman–Crippen MR) is 79.6 cm³/mol. The Hall–Kier alpha value is -1.57. The molecule has 106 valence electrons. The molecule has 2 rings (SSSR count). The van der Waals surface area contributed by atoms with Gasteiger partial charge in [-0.25, -0.2) is 0 Å². The molecule has 0 unspecified atom stereocenters. The standard InChI is InChI=1S/C15H18ClN3O/c1-11-3-2-6-19(9-11)10-15(20)18-14-7-13(16)5-4-12(14)8-17/h4-5,7,11H,2-3,6,9-10H2,1H3,(H,18,20)/t11-/m0/s1. The van der Waals surface area contributed by atoms with E-state index < -0.39 is 0 Å². The van der Waals surface area contributed by atoms with Crippen LogP contribution in [0.15, 0.2) is 18.2 Å². The number of hydrogen-bond acceptors (Lipinski definition) is 3. The van der Waals surface area contributed by atoms with Crippen molar-refractivity contribution in [2.24, 2.45) is 5.92 Å². The molecule has 1 aromatic carbocycles. The molecule has 4 nitrogen and oxygen atoms in total. The van der Waals surface area contributed by atoms with Crippen molar-refractivity contribution in [1.82, 2.24) is 4.90 Å². The van der Waals surface area contributed by atoms with Gasteiger partial charge in [0.1, 0.15) is 6.07 Å². The highest BCUT2D eigenvalue weighted by atomic mass is 35.5. The van der Waals surface area contributed by atoms with Crippen LogP contribution >= 0.6 is 11.6 Å². The number of halogens is 1. The minimum atomic E-state index is -0.0992. The summed E-state index contributed by atoms with van der Waals surface area (Å²) < 4.78 is 0. The van der Waals surface area contributed by atoms with Crippen LogP contribution in [0, 0.1) is 17.2 Å². The Bertz CT molecular complexity index is 538. The Labute approximate surface area is 124 Å². The lowest BCUT2D eigenvalue weighted by Crippen LogP contribution is -2.39. The van der Waals surface area contributed by atoms with E-state index in [9.17, 15) is 4.79 Å². The van der Waals surface area contributed by atoms with E-state index in [1.54, 1.807) is 18.2 Å². The van der Waals surface area contributed by atoms with Crippen molar-refractivity contribution in [3.63, 3.8) is 0 Å². The Kier molecular flexibility index (Phi) is 4.99. The second kappa shape index (κ2) is 6.74. The van der Waals surface area contributed by atoms with E-state index in [2.05, 4.69) is 23.2 Å². The molecule has 1 heterocycles. The predicted octanol–water partition coefficient (Wildman–Crippen LogP) is 2.88. The highest BCUT2D eigenvalue weighted by Crippen LogP contribution is 2.21. The molecule has 1 N–H and O–H groups in total. The van der Waals surface area contributed by atoms with Crippen molar-refractivity contribution in [2.75, 3.05) is 25.0 Å². The molecule has 0 bridgehead atoms. The Morgan fingerprint density at radius 3 is 3.10 bits per heavy atom. The third kappa shape index (κ3) is 3.96. The Morgan fingerprint density at radius 1 is 1.60 bits per heavy atom. The van der Waals surface area contributed by atoms with Gasteiger partial charge in [-0.15, -0.1) is 0 Å². The number of nitriles is 1. The number of piperidine rings is 1. The van der Waals surface area contributed by atoms with Gasteiger partial charge in [0.25, 0.3) is 0 Å². The molecule has 5 heteroatoms. The monoisotopic (exact) mass is 291 g/mol. The molecule has 0 saturated carbocycles. The fourth-order valence-electron chi connectivity index (χ4n) is 2.54. The zero-order valence-corrected chi connectivity index (χ0v) is 12.3. The summed E-state index contributed by atoms with van der Waals surface area (Å²) in [6, 6.07) is 6.91. The van der Waals surface area contributed by atoms with E-state index in [4.69, 9.17) is 16.9 Å². The fourth-order valence-corrected chi connectivity index (χ4v) is 2.71. The second-order valence-corrected chi connectivity index (χ2v) is 5.77. The number of carbonyl (C=O) groups excluding carboxylic acids is 1. The summed E-state index contributed by atoms with van der Waals surface area (Å²) >= 11 is 5.90. The lowest BCUT2D eigenvalue weighted by molar-refractivity contribution is -0.117. The molecule has 1 fully saturated rings. The van der Waals surface area contributed by atoms with Gasteiger partial charge in [0.15, 0.2) is 0 Å². The van der Waals surface area contributed by atoms with E-state index in [0.717, 1.165) is 19.5 Å². The van der Waals surface area contributed by atoms with Crippen molar-refractivity contribution in [3.05, 3.63) is 28.8 Å². The minimum absolute atomic E-state index is 0.0992. The van der Waals surface area contributed by atoms with Gasteiger partial charge in [0.05, 0.1) is 17.8 Å². The molecule has 0 aliphatic carbocycles. The Balaban J connectivity index is 1.98. The molecule has 0 radical (unpaired) electrons. The summed E-state index contributed by atoms with van der Waals surface area (Å²) in [6.45, 7) is 4.48. The number of amides is 1. The first kappa shape index (κ1) is 14.8. The second-order valence-electron chi connectivity index (χ2n) is 5.33. The first-order valence-corrected chi connectivity index (χ1v) is 7.18. The number of carbonyl (C=O) groups is 1. The number of hydrogen-bond donors (Lipinski definition) is 1. The molecule has 0 aromatic heterocycles. The average Bonchev–Trinajstić information content (AvgIpc) is 2.38. The molecular weight excluding hydrogens is 274 g/mol. The third-order valence-corrected chi connectivity index (χ3v) is 3.72. The van der Waals surface area contributed by atoms with Crippen LogP contribution in [-0.2, 0) is 4.79 Å². The fraction of sp³-hybridized carbons (Fsp3) is 0.467. The van der Waals surface area contributed by atoms with Gasteiger partial charge in [-0.1, -0.05) is 18.5 Å². The largest absolute Gasteiger partial charge is 0.324 e. The molecule has 20 heavy (non-hydrogen) atoms. The number of likely N-dealkylation sites (tertiary alicyclic amines) is 1. The smallest absolute Gasteiger partial charge is 0.238 e. The van der Waals surface area contributed by atoms with E-state index in [-0.39, 0.29) is 5.91 Å². The van der Waals surface area contributed by atoms with Gasteiger partial charge in [0.2, 0.25) is 5.91 Å². The van der Waals surface area contributed by atoms with Crippen LogP contribution in [0.2, 0.25) is 5.02 Å². The summed E-state index contributed by atoms with van der Waals surface area (Å²) in [5, 5.41) is 12.3. The summed E-state index contributed by atoms with van der Waals surface area (Å²) in [7, 11) is 0. The van der Waals surface area contributed by atoms with Crippen LogP contribution in [0.3, 0.4) is 0 Å². The maximum absolute atomic E-state index is 12.1. The number of nitrogens with one attached hydrogen (secondary N) is 1. The molecule has 0 spiro atoms. The van der Waals surface area contributed by atoms with Crippen molar-refractivity contribution < 1.29 is 4.79 Å². The summed E-state index contributed by atoms with van der Waals surface area (Å²) in [5.41, 5.74) is 0.907. The molecule has 1 atom stereocenters. The lowest BCUT2D eigenvalue weighted by atomic mass is 10.0. The van der Waals surface area contributed by atoms with Crippen LogP contribution in [0.1, 0.15) is 25.3 Å². The maximum Gasteiger partial charge on any atom is 0.238 e. The molecule has 1 aromatic rings. The van der Waals surface area contributed by atoms with Crippen molar-refractivity contribution >= 4 is 23.2 Å². The van der Waals surface area contributed by atoms with Crippen LogP contribution in [0.5, 0.6) is 0 Å². The van der Waals surface area contributed by atoms with Gasteiger partial charge >= 0.3 is 0 Å². The van der Waals surface area contributed by atoms with E-state index in [1.165, 1.54) is 6.42 Å². The number of anilines is 1. The highest BCUT2D eigenvalue weighted by molar-refractivity contribution is 6.31. The van der Waals surface area contributed by atoms with Gasteiger partial charge in [-0.2, -0.15) is 5.26 Å². The zero-order valence-electron chi connectivity index (χ0n) is 11.5. The average molecular weight is 292 g/mol. The molecule has 1 amide bonds. The number of nitrogens with zero attached hydrogens (tertiary/aromatic N) is 2. The van der Waals surface area contributed by atoms with E-state index >= 15 is 0 Å². The first-order valence-electron chi connectivity index (χ1n) is 6.80. The van der Waals surface area contributed by atoms with Crippen molar-refractivity contribution in [2.45, 2.75) is 19.8 Å². The quantitative estimate of drug-likeness (QED) is 0.931. The van der Waals surface area contributed by atoms with Crippen LogP contribution < -0.4 is 5.32 Å². The molecule has 1 aliphatic rings. The molecule has 1 saturated heterocycles. The molecular formula is C15H18ClN3O.